The Bertz CT molecular complexity index is 409. The lowest BCUT2D eigenvalue weighted by atomic mass is 10.4. The molecule has 2 aromatic heterocycles. The lowest BCUT2D eigenvalue weighted by molar-refractivity contribution is 0.787. The van der Waals surface area contributed by atoms with E-state index in [0.29, 0.717) is 5.95 Å². The highest BCUT2D eigenvalue weighted by atomic mass is 15.1. The highest BCUT2D eigenvalue weighted by Gasteiger charge is 1.98. The minimum Gasteiger partial charge on any atom is -0.354 e. The molecule has 2 rings (SSSR count). The minimum atomic E-state index is 0.659. The molecule has 2 heterocycles. The van der Waals surface area contributed by atoms with Crippen LogP contribution in [0.1, 0.15) is 5.82 Å². The van der Waals surface area contributed by atoms with Gasteiger partial charge in [-0.05, 0) is 6.07 Å². The van der Waals surface area contributed by atoms with Gasteiger partial charge in [0.1, 0.15) is 5.82 Å². The van der Waals surface area contributed by atoms with Crippen LogP contribution in [0.25, 0.3) is 0 Å². The highest BCUT2D eigenvalue weighted by molar-refractivity contribution is 5.22. The number of imidazole rings is 1. The van der Waals surface area contributed by atoms with E-state index in [1.165, 1.54) is 0 Å². The zero-order valence-electron chi connectivity index (χ0n) is 8.59. The van der Waals surface area contributed by atoms with Gasteiger partial charge in [0.2, 0.25) is 5.95 Å². The van der Waals surface area contributed by atoms with Crippen LogP contribution >= 0.6 is 0 Å². The van der Waals surface area contributed by atoms with Crippen LogP contribution in [0.5, 0.6) is 0 Å². The molecule has 78 valence electrons. The van der Waals surface area contributed by atoms with Gasteiger partial charge in [0.05, 0.1) is 0 Å². The van der Waals surface area contributed by atoms with E-state index in [-0.39, 0.29) is 0 Å². The van der Waals surface area contributed by atoms with Crippen molar-refractivity contribution in [3.8, 4) is 0 Å². The number of aromatic nitrogens is 4. The van der Waals surface area contributed by atoms with E-state index in [2.05, 4.69) is 20.3 Å². The summed E-state index contributed by atoms with van der Waals surface area (Å²) < 4.78 is 2.01. The first-order valence-corrected chi connectivity index (χ1v) is 4.83. The topological polar surface area (TPSA) is 55.6 Å². The van der Waals surface area contributed by atoms with E-state index < -0.39 is 0 Å². The van der Waals surface area contributed by atoms with Crippen LogP contribution < -0.4 is 5.32 Å². The molecular formula is C10H13N5. The van der Waals surface area contributed by atoms with Crippen molar-refractivity contribution in [2.75, 3.05) is 11.9 Å². The monoisotopic (exact) mass is 203 g/mol. The SMILES string of the molecule is Cn1ccnc1CCNc1ncccn1. The summed E-state index contributed by atoms with van der Waals surface area (Å²) in [7, 11) is 1.99. The van der Waals surface area contributed by atoms with Gasteiger partial charge < -0.3 is 9.88 Å². The van der Waals surface area contributed by atoms with Gasteiger partial charge in [-0.25, -0.2) is 15.0 Å². The standard InChI is InChI=1S/C10H13N5/c1-15-8-7-11-9(15)3-6-14-10-12-4-2-5-13-10/h2,4-5,7-8H,3,6H2,1H3,(H,12,13,14). The molecule has 1 N–H and O–H groups in total. The molecule has 0 spiro atoms. The van der Waals surface area contributed by atoms with Crippen LogP contribution in [0, 0.1) is 0 Å². The molecule has 0 aliphatic heterocycles. The molecule has 0 fully saturated rings. The second-order valence-corrected chi connectivity index (χ2v) is 3.20. The highest BCUT2D eigenvalue weighted by Crippen LogP contribution is 1.97. The molecule has 0 saturated heterocycles. The number of rotatable bonds is 4. The van der Waals surface area contributed by atoms with Crippen LogP contribution in [0.15, 0.2) is 30.9 Å². The summed E-state index contributed by atoms with van der Waals surface area (Å²) in [5.41, 5.74) is 0. The van der Waals surface area contributed by atoms with Crippen LogP contribution in [0.4, 0.5) is 5.95 Å². The first-order valence-electron chi connectivity index (χ1n) is 4.83. The van der Waals surface area contributed by atoms with E-state index >= 15 is 0 Å². The Morgan fingerprint density at radius 1 is 1.20 bits per heavy atom. The molecule has 5 heteroatoms. The molecule has 0 saturated carbocycles. The maximum Gasteiger partial charge on any atom is 0.222 e. The van der Waals surface area contributed by atoms with E-state index in [1.54, 1.807) is 24.7 Å². The molecule has 15 heavy (non-hydrogen) atoms. The Kier molecular flexibility index (Phi) is 2.92. The van der Waals surface area contributed by atoms with Crippen molar-refractivity contribution < 1.29 is 0 Å². The van der Waals surface area contributed by atoms with Crippen molar-refractivity contribution in [2.24, 2.45) is 7.05 Å². The molecule has 0 bridgehead atoms. The van der Waals surface area contributed by atoms with Crippen molar-refractivity contribution in [2.45, 2.75) is 6.42 Å². The van der Waals surface area contributed by atoms with Crippen molar-refractivity contribution in [1.29, 1.82) is 0 Å². The van der Waals surface area contributed by atoms with Gasteiger partial charge in [-0.1, -0.05) is 0 Å². The zero-order valence-corrected chi connectivity index (χ0v) is 8.59. The van der Waals surface area contributed by atoms with Crippen LogP contribution in [0.3, 0.4) is 0 Å². The van der Waals surface area contributed by atoms with Gasteiger partial charge in [-0.3, -0.25) is 0 Å². The Morgan fingerprint density at radius 3 is 2.67 bits per heavy atom. The summed E-state index contributed by atoms with van der Waals surface area (Å²) in [6.45, 7) is 0.787. The molecule has 0 aliphatic rings. The summed E-state index contributed by atoms with van der Waals surface area (Å²) in [4.78, 5) is 12.4. The molecule has 0 amide bonds. The normalized spacial score (nSPS) is 10.2. The third-order valence-electron chi connectivity index (χ3n) is 2.12. The second kappa shape index (κ2) is 4.54. The zero-order chi connectivity index (χ0) is 10.5. The Hall–Kier alpha value is -1.91. The van der Waals surface area contributed by atoms with Crippen LogP contribution in [-0.4, -0.2) is 26.1 Å². The number of nitrogens with one attached hydrogen (secondary N) is 1. The Labute approximate surface area is 88.2 Å². The second-order valence-electron chi connectivity index (χ2n) is 3.20. The average molecular weight is 203 g/mol. The first kappa shape index (κ1) is 9.64. The smallest absolute Gasteiger partial charge is 0.222 e. The number of nitrogens with zero attached hydrogens (tertiary/aromatic N) is 4. The van der Waals surface area contributed by atoms with E-state index in [9.17, 15) is 0 Å². The van der Waals surface area contributed by atoms with Gasteiger partial charge in [-0.15, -0.1) is 0 Å². The Balaban J connectivity index is 1.83. The lowest BCUT2D eigenvalue weighted by Crippen LogP contribution is -2.10. The first-order chi connectivity index (χ1) is 7.36. The predicted octanol–water partition coefficient (Wildman–Crippen LogP) is 0.865. The lowest BCUT2D eigenvalue weighted by Gasteiger charge is -2.03. The maximum atomic E-state index is 4.23. The summed E-state index contributed by atoms with van der Waals surface area (Å²) in [6, 6.07) is 1.80. The number of aryl methyl sites for hydroxylation is 1. The van der Waals surface area contributed by atoms with Crippen molar-refractivity contribution in [3.05, 3.63) is 36.7 Å². The predicted molar refractivity (Wildman–Crippen MR) is 57.4 cm³/mol. The largest absolute Gasteiger partial charge is 0.354 e. The van der Waals surface area contributed by atoms with Gasteiger partial charge in [0.15, 0.2) is 0 Å². The number of hydrogen-bond acceptors (Lipinski definition) is 4. The molecule has 0 unspecified atom stereocenters. The molecule has 0 radical (unpaired) electrons. The molecule has 0 aliphatic carbocycles. The van der Waals surface area contributed by atoms with Crippen molar-refractivity contribution in [1.82, 2.24) is 19.5 Å². The van der Waals surface area contributed by atoms with Crippen molar-refractivity contribution >= 4 is 5.95 Å². The summed E-state index contributed by atoms with van der Waals surface area (Å²) in [5, 5.41) is 3.13. The molecule has 5 nitrogen and oxygen atoms in total. The van der Waals surface area contributed by atoms with E-state index in [1.807, 2.05) is 17.8 Å². The summed E-state index contributed by atoms with van der Waals surface area (Å²) >= 11 is 0. The third kappa shape index (κ3) is 2.52. The minimum absolute atomic E-state index is 0.659. The van der Waals surface area contributed by atoms with Gasteiger partial charge >= 0.3 is 0 Å². The van der Waals surface area contributed by atoms with Gasteiger partial charge in [0.25, 0.3) is 0 Å². The fraction of sp³-hybridized carbons (Fsp3) is 0.300. The van der Waals surface area contributed by atoms with Gasteiger partial charge in [-0.2, -0.15) is 0 Å². The summed E-state index contributed by atoms with van der Waals surface area (Å²) in [6.07, 6.45) is 8.04. The fourth-order valence-corrected chi connectivity index (χ4v) is 1.31. The average Bonchev–Trinajstić information content (AvgIpc) is 2.66. The molecule has 0 aromatic carbocycles. The van der Waals surface area contributed by atoms with E-state index in [4.69, 9.17) is 0 Å². The Morgan fingerprint density at radius 2 is 2.00 bits per heavy atom. The molecule has 2 aromatic rings. The molecule has 0 atom stereocenters. The molecular weight excluding hydrogens is 190 g/mol. The van der Waals surface area contributed by atoms with E-state index in [0.717, 1.165) is 18.8 Å². The number of anilines is 1. The quantitative estimate of drug-likeness (QED) is 0.801. The van der Waals surface area contributed by atoms with Gasteiger partial charge in [0, 0.05) is 44.8 Å². The third-order valence-corrected chi connectivity index (χ3v) is 2.12. The van der Waals surface area contributed by atoms with Crippen LogP contribution in [0.2, 0.25) is 0 Å². The van der Waals surface area contributed by atoms with Crippen molar-refractivity contribution in [3.63, 3.8) is 0 Å². The maximum absolute atomic E-state index is 4.23. The number of hydrogen-bond donors (Lipinski definition) is 1. The van der Waals surface area contributed by atoms with Crippen LogP contribution in [-0.2, 0) is 13.5 Å². The summed E-state index contributed by atoms with van der Waals surface area (Å²) in [5.74, 6) is 1.71. The fourth-order valence-electron chi connectivity index (χ4n) is 1.31.